The van der Waals surface area contributed by atoms with Gasteiger partial charge in [-0.1, -0.05) is 12.1 Å². The third kappa shape index (κ3) is 3.35. The minimum absolute atomic E-state index is 0.0973. The van der Waals surface area contributed by atoms with E-state index in [1.54, 1.807) is 13.0 Å². The van der Waals surface area contributed by atoms with Crippen molar-refractivity contribution in [3.63, 3.8) is 0 Å². The molecule has 1 unspecified atom stereocenters. The van der Waals surface area contributed by atoms with E-state index in [9.17, 15) is 18.3 Å². The largest absolute Gasteiger partial charge is 0.388 e. The Morgan fingerprint density at radius 2 is 1.74 bits per heavy atom. The summed E-state index contributed by atoms with van der Waals surface area (Å²) in [5, 5.41) is 10.0. The minimum Gasteiger partial charge on any atom is -0.388 e. The van der Waals surface area contributed by atoms with Crippen molar-refractivity contribution >= 4 is 0 Å². The molecule has 0 aromatic heterocycles. The van der Waals surface area contributed by atoms with E-state index >= 15 is 0 Å². The summed E-state index contributed by atoms with van der Waals surface area (Å²) in [6.07, 6.45) is -0.862. The molecule has 4 heteroatoms. The SMILES string of the molecule is Cc1cc(F)cc(C(O)Cc2ccc(F)c(F)c2)c1. The summed E-state index contributed by atoms with van der Waals surface area (Å²) >= 11 is 0. The Morgan fingerprint density at radius 3 is 2.37 bits per heavy atom. The molecule has 0 saturated heterocycles. The van der Waals surface area contributed by atoms with Gasteiger partial charge in [0, 0.05) is 6.42 Å². The van der Waals surface area contributed by atoms with Gasteiger partial charge in [0.05, 0.1) is 6.10 Å². The van der Waals surface area contributed by atoms with Gasteiger partial charge in [0.25, 0.3) is 0 Å². The Hall–Kier alpha value is -1.81. The average Bonchev–Trinajstić information content (AvgIpc) is 2.32. The second kappa shape index (κ2) is 5.45. The van der Waals surface area contributed by atoms with Gasteiger partial charge in [-0.2, -0.15) is 0 Å². The summed E-state index contributed by atoms with van der Waals surface area (Å²) < 4.78 is 39.0. The first-order chi connectivity index (χ1) is 8.95. The molecule has 0 radical (unpaired) electrons. The monoisotopic (exact) mass is 266 g/mol. The van der Waals surface area contributed by atoms with Crippen molar-refractivity contribution in [2.75, 3.05) is 0 Å². The number of aliphatic hydroxyl groups is 1. The lowest BCUT2D eigenvalue weighted by Gasteiger charge is -2.12. The molecule has 0 bridgehead atoms. The molecule has 0 aliphatic carbocycles. The maximum absolute atomic E-state index is 13.2. The van der Waals surface area contributed by atoms with Crippen LogP contribution in [0.15, 0.2) is 36.4 Å². The zero-order valence-corrected chi connectivity index (χ0v) is 10.3. The molecule has 1 atom stereocenters. The van der Waals surface area contributed by atoms with Crippen LogP contribution in [0.2, 0.25) is 0 Å². The van der Waals surface area contributed by atoms with Gasteiger partial charge in [-0.05, 0) is 47.9 Å². The van der Waals surface area contributed by atoms with Crippen LogP contribution in [0.1, 0.15) is 22.8 Å². The van der Waals surface area contributed by atoms with Gasteiger partial charge in [0.1, 0.15) is 5.82 Å². The Bertz CT molecular complexity index is 576. The maximum Gasteiger partial charge on any atom is 0.159 e. The van der Waals surface area contributed by atoms with Gasteiger partial charge in [0.2, 0.25) is 0 Å². The van der Waals surface area contributed by atoms with Crippen molar-refractivity contribution < 1.29 is 18.3 Å². The molecule has 2 rings (SSSR count). The number of hydrogen-bond acceptors (Lipinski definition) is 1. The smallest absolute Gasteiger partial charge is 0.159 e. The molecule has 0 saturated carbocycles. The molecule has 1 nitrogen and oxygen atoms in total. The van der Waals surface area contributed by atoms with E-state index in [1.807, 2.05) is 0 Å². The second-order valence-corrected chi connectivity index (χ2v) is 4.53. The highest BCUT2D eigenvalue weighted by Crippen LogP contribution is 2.21. The van der Waals surface area contributed by atoms with Gasteiger partial charge in [-0.3, -0.25) is 0 Å². The van der Waals surface area contributed by atoms with Crippen molar-refractivity contribution in [3.8, 4) is 0 Å². The lowest BCUT2D eigenvalue weighted by atomic mass is 10.00. The molecule has 0 amide bonds. The molecule has 100 valence electrons. The zero-order chi connectivity index (χ0) is 14.0. The van der Waals surface area contributed by atoms with E-state index in [0.29, 0.717) is 16.7 Å². The van der Waals surface area contributed by atoms with Crippen LogP contribution in [0.4, 0.5) is 13.2 Å². The molecule has 2 aromatic rings. The van der Waals surface area contributed by atoms with Crippen molar-refractivity contribution in [2.24, 2.45) is 0 Å². The highest BCUT2D eigenvalue weighted by Gasteiger charge is 2.12. The van der Waals surface area contributed by atoms with E-state index in [4.69, 9.17) is 0 Å². The topological polar surface area (TPSA) is 20.2 Å². The molecule has 1 N–H and O–H groups in total. The first kappa shape index (κ1) is 13.6. The fraction of sp³-hybridized carbons (Fsp3) is 0.200. The highest BCUT2D eigenvalue weighted by molar-refractivity contribution is 5.27. The van der Waals surface area contributed by atoms with Crippen LogP contribution in [0.25, 0.3) is 0 Å². The molecule has 2 aromatic carbocycles. The van der Waals surface area contributed by atoms with Crippen LogP contribution < -0.4 is 0 Å². The fourth-order valence-electron chi connectivity index (χ4n) is 1.96. The van der Waals surface area contributed by atoms with Crippen LogP contribution in [0, 0.1) is 24.4 Å². The normalized spacial score (nSPS) is 12.5. The molecule has 0 heterocycles. The third-order valence-electron chi connectivity index (χ3n) is 2.86. The third-order valence-corrected chi connectivity index (χ3v) is 2.86. The molecule has 0 fully saturated rings. The highest BCUT2D eigenvalue weighted by atomic mass is 19.2. The average molecular weight is 266 g/mol. The predicted octanol–water partition coefficient (Wildman–Crippen LogP) is 3.69. The lowest BCUT2D eigenvalue weighted by Crippen LogP contribution is -2.03. The quantitative estimate of drug-likeness (QED) is 0.898. The minimum atomic E-state index is -0.959. The summed E-state index contributed by atoms with van der Waals surface area (Å²) in [6, 6.07) is 7.69. The summed E-state index contributed by atoms with van der Waals surface area (Å²) in [5.41, 5.74) is 1.56. The number of halogens is 3. The van der Waals surface area contributed by atoms with Gasteiger partial charge in [-0.15, -0.1) is 0 Å². The predicted molar refractivity (Wildman–Crippen MR) is 66.2 cm³/mol. The number of benzene rings is 2. The lowest BCUT2D eigenvalue weighted by molar-refractivity contribution is 0.178. The summed E-state index contributed by atoms with van der Waals surface area (Å²) in [6.45, 7) is 1.72. The Labute approximate surface area is 109 Å². The Balaban J connectivity index is 2.20. The van der Waals surface area contributed by atoms with Gasteiger partial charge >= 0.3 is 0 Å². The van der Waals surface area contributed by atoms with Crippen molar-refractivity contribution in [2.45, 2.75) is 19.4 Å². The van der Waals surface area contributed by atoms with E-state index in [-0.39, 0.29) is 6.42 Å². The van der Waals surface area contributed by atoms with Crippen LogP contribution >= 0.6 is 0 Å². The van der Waals surface area contributed by atoms with Gasteiger partial charge in [0.15, 0.2) is 11.6 Å². The molecular weight excluding hydrogens is 253 g/mol. The van der Waals surface area contributed by atoms with E-state index in [2.05, 4.69) is 0 Å². The number of hydrogen-bond donors (Lipinski definition) is 1. The van der Waals surface area contributed by atoms with E-state index in [0.717, 1.165) is 12.1 Å². The summed E-state index contributed by atoms with van der Waals surface area (Å²) in [7, 11) is 0. The maximum atomic E-state index is 13.2. The van der Waals surface area contributed by atoms with Crippen LogP contribution in [-0.2, 0) is 6.42 Å². The molecule has 0 aliphatic heterocycles. The van der Waals surface area contributed by atoms with Crippen LogP contribution in [0.3, 0.4) is 0 Å². The summed E-state index contributed by atoms with van der Waals surface area (Å²) in [5.74, 6) is -2.32. The number of rotatable bonds is 3. The zero-order valence-electron chi connectivity index (χ0n) is 10.3. The number of aliphatic hydroxyl groups excluding tert-OH is 1. The standard InChI is InChI=1S/C15H13F3O/c1-9-4-11(8-12(16)5-9)15(19)7-10-2-3-13(17)14(18)6-10/h2-6,8,15,19H,7H2,1H3. The van der Waals surface area contributed by atoms with E-state index in [1.165, 1.54) is 18.2 Å². The molecule has 19 heavy (non-hydrogen) atoms. The van der Waals surface area contributed by atoms with Gasteiger partial charge < -0.3 is 5.11 Å². The van der Waals surface area contributed by atoms with Crippen LogP contribution in [-0.4, -0.2) is 5.11 Å². The van der Waals surface area contributed by atoms with E-state index < -0.39 is 23.6 Å². The molecule has 0 spiro atoms. The number of aryl methyl sites for hydroxylation is 1. The van der Waals surface area contributed by atoms with Crippen molar-refractivity contribution in [1.29, 1.82) is 0 Å². The second-order valence-electron chi connectivity index (χ2n) is 4.53. The first-order valence-corrected chi connectivity index (χ1v) is 5.85. The van der Waals surface area contributed by atoms with Crippen molar-refractivity contribution in [1.82, 2.24) is 0 Å². The molecule has 0 aliphatic rings. The molecular formula is C15H13F3O. The first-order valence-electron chi connectivity index (χ1n) is 5.85. The summed E-state index contributed by atoms with van der Waals surface area (Å²) in [4.78, 5) is 0. The van der Waals surface area contributed by atoms with Crippen LogP contribution in [0.5, 0.6) is 0 Å². The Morgan fingerprint density at radius 1 is 1.00 bits per heavy atom. The van der Waals surface area contributed by atoms with Gasteiger partial charge in [-0.25, -0.2) is 13.2 Å². The van der Waals surface area contributed by atoms with Crippen molar-refractivity contribution in [3.05, 3.63) is 70.5 Å². The fourth-order valence-corrected chi connectivity index (χ4v) is 1.96. The Kier molecular flexibility index (Phi) is 3.90.